The van der Waals surface area contributed by atoms with Gasteiger partial charge in [-0.05, 0) is 24.3 Å². The summed E-state index contributed by atoms with van der Waals surface area (Å²) in [5.41, 5.74) is 1.56. The van der Waals surface area contributed by atoms with Crippen LogP contribution in [0.2, 0.25) is 0 Å². The topological polar surface area (TPSA) is 52.9 Å². The number of rotatable bonds is 2. The Kier molecular flexibility index (Phi) is 3.18. The van der Waals surface area contributed by atoms with E-state index in [9.17, 15) is 4.79 Å². The first-order valence-electron chi connectivity index (χ1n) is 5.17. The van der Waals surface area contributed by atoms with Crippen molar-refractivity contribution < 1.29 is 4.79 Å². The SMILES string of the molecule is N#Cc1ccccc1NC(=O)c1ccccc1. The van der Waals surface area contributed by atoms with E-state index in [4.69, 9.17) is 5.26 Å². The molecule has 0 heterocycles. The monoisotopic (exact) mass is 222 g/mol. The van der Waals surface area contributed by atoms with Crippen molar-refractivity contribution in [1.29, 1.82) is 5.26 Å². The lowest BCUT2D eigenvalue weighted by molar-refractivity contribution is 0.102. The number of hydrogen-bond donors (Lipinski definition) is 1. The largest absolute Gasteiger partial charge is 0.321 e. The molecular weight excluding hydrogens is 212 g/mol. The first kappa shape index (κ1) is 10.9. The van der Waals surface area contributed by atoms with Gasteiger partial charge < -0.3 is 5.32 Å². The van der Waals surface area contributed by atoms with Crippen molar-refractivity contribution in [2.24, 2.45) is 0 Å². The number of nitrogens with one attached hydrogen (secondary N) is 1. The van der Waals surface area contributed by atoms with E-state index in [0.717, 1.165) is 0 Å². The Hall–Kier alpha value is -2.60. The fourth-order valence-electron chi connectivity index (χ4n) is 1.47. The Morgan fingerprint density at radius 1 is 1.00 bits per heavy atom. The molecule has 0 aliphatic rings. The fourth-order valence-corrected chi connectivity index (χ4v) is 1.47. The number of nitrogens with zero attached hydrogens (tertiary/aromatic N) is 1. The zero-order valence-corrected chi connectivity index (χ0v) is 9.05. The van der Waals surface area contributed by atoms with Crippen LogP contribution in [0.25, 0.3) is 0 Å². The molecule has 0 saturated heterocycles. The van der Waals surface area contributed by atoms with Crippen LogP contribution >= 0.6 is 0 Å². The highest BCUT2D eigenvalue weighted by molar-refractivity contribution is 6.04. The van der Waals surface area contributed by atoms with Gasteiger partial charge in [0.05, 0.1) is 11.3 Å². The molecule has 82 valence electrons. The average molecular weight is 222 g/mol. The molecule has 1 N–H and O–H groups in total. The summed E-state index contributed by atoms with van der Waals surface area (Å²) in [5.74, 6) is -0.215. The second kappa shape index (κ2) is 4.95. The molecule has 0 aliphatic carbocycles. The van der Waals surface area contributed by atoms with Crippen LogP contribution in [-0.4, -0.2) is 5.91 Å². The van der Waals surface area contributed by atoms with E-state index in [1.54, 1.807) is 48.5 Å². The summed E-state index contributed by atoms with van der Waals surface area (Å²) in [6, 6.07) is 17.8. The third-order valence-corrected chi connectivity index (χ3v) is 2.33. The van der Waals surface area contributed by atoms with Crippen LogP contribution < -0.4 is 5.32 Å². The van der Waals surface area contributed by atoms with E-state index in [1.807, 2.05) is 12.1 Å². The summed E-state index contributed by atoms with van der Waals surface area (Å²) < 4.78 is 0. The molecule has 0 fully saturated rings. The maximum Gasteiger partial charge on any atom is 0.255 e. The minimum absolute atomic E-state index is 0.215. The van der Waals surface area contributed by atoms with Crippen LogP contribution in [0.3, 0.4) is 0 Å². The van der Waals surface area contributed by atoms with Crippen molar-refractivity contribution in [3.8, 4) is 6.07 Å². The Morgan fingerprint density at radius 2 is 1.65 bits per heavy atom. The van der Waals surface area contributed by atoms with E-state index < -0.39 is 0 Å². The smallest absolute Gasteiger partial charge is 0.255 e. The van der Waals surface area contributed by atoms with Crippen LogP contribution in [0.5, 0.6) is 0 Å². The number of carbonyl (C=O) groups excluding carboxylic acids is 1. The van der Waals surface area contributed by atoms with Crippen molar-refractivity contribution in [2.45, 2.75) is 0 Å². The Labute approximate surface area is 99.3 Å². The molecule has 0 spiro atoms. The second-order valence-electron chi connectivity index (χ2n) is 3.48. The molecule has 0 bridgehead atoms. The first-order chi connectivity index (χ1) is 8.31. The second-order valence-corrected chi connectivity index (χ2v) is 3.48. The quantitative estimate of drug-likeness (QED) is 0.849. The fraction of sp³-hybridized carbons (Fsp3) is 0. The average Bonchev–Trinajstić information content (AvgIpc) is 2.40. The third kappa shape index (κ3) is 2.50. The van der Waals surface area contributed by atoms with Gasteiger partial charge in [-0.15, -0.1) is 0 Å². The van der Waals surface area contributed by atoms with Gasteiger partial charge in [-0.2, -0.15) is 5.26 Å². The highest BCUT2D eigenvalue weighted by Crippen LogP contribution is 2.14. The standard InChI is InChI=1S/C14H10N2O/c15-10-12-8-4-5-9-13(12)16-14(17)11-6-2-1-3-7-11/h1-9H,(H,16,17). The zero-order valence-electron chi connectivity index (χ0n) is 9.05. The summed E-state index contributed by atoms with van der Waals surface area (Å²) in [6.45, 7) is 0. The Bertz CT molecular complexity index is 570. The molecule has 3 nitrogen and oxygen atoms in total. The highest BCUT2D eigenvalue weighted by Gasteiger charge is 2.07. The molecule has 2 aromatic carbocycles. The predicted molar refractivity (Wildman–Crippen MR) is 65.6 cm³/mol. The van der Waals surface area contributed by atoms with E-state index in [-0.39, 0.29) is 5.91 Å². The van der Waals surface area contributed by atoms with E-state index >= 15 is 0 Å². The molecule has 0 aliphatic heterocycles. The number of amides is 1. The third-order valence-electron chi connectivity index (χ3n) is 2.33. The van der Waals surface area contributed by atoms with Crippen LogP contribution in [0.4, 0.5) is 5.69 Å². The molecule has 3 heteroatoms. The van der Waals surface area contributed by atoms with E-state index in [0.29, 0.717) is 16.8 Å². The molecule has 0 saturated carbocycles. The van der Waals surface area contributed by atoms with Gasteiger partial charge in [0.15, 0.2) is 0 Å². The summed E-state index contributed by atoms with van der Waals surface area (Å²) in [4.78, 5) is 11.9. The van der Waals surface area contributed by atoms with E-state index in [2.05, 4.69) is 5.32 Å². The lowest BCUT2D eigenvalue weighted by atomic mass is 10.1. The molecule has 0 unspecified atom stereocenters. The summed E-state index contributed by atoms with van der Waals surface area (Å²) in [6.07, 6.45) is 0. The van der Waals surface area contributed by atoms with E-state index in [1.165, 1.54) is 0 Å². The van der Waals surface area contributed by atoms with Gasteiger partial charge in [-0.1, -0.05) is 30.3 Å². The number of anilines is 1. The zero-order chi connectivity index (χ0) is 12.1. The lowest BCUT2D eigenvalue weighted by Gasteiger charge is -2.06. The minimum Gasteiger partial charge on any atom is -0.321 e. The van der Waals surface area contributed by atoms with Crippen molar-refractivity contribution >= 4 is 11.6 Å². The van der Waals surface area contributed by atoms with Gasteiger partial charge in [0.1, 0.15) is 6.07 Å². The number of para-hydroxylation sites is 1. The Morgan fingerprint density at radius 3 is 2.35 bits per heavy atom. The number of carbonyl (C=O) groups is 1. The molecule has 0 radical (unpaired) electrons. The summed E-state index contributed by atoms with van der Waals surface area (Å²) >= 11 is 0. The minimum atomic E-state index is -0.215. The molecule has 1 amide bonds. The predicted octanol–water partition coefficient (Wildman–Crippen LogP) is 2.81. The first-order valence-corrected chi connectivity index (χ1v) is 5.17. The van der Waals surface area contributed by atoms with Gasteiger partial charge >= 0.3 is 0 Å². The lowest BCUT2D eigenvalue weighted by Crippen LogP contribution is -2.12. The number of hydrogen-bond acceptors (Lipinski definition) is 2. The molecule has 0 atom stereocenters. The van der Waals surface area contributed by atoms with Crippen LogP contribution in [0.1, 0.15) is 15.9 Å². The molecule has 2 aromatic rings. The molecule has 0 aromatic heterocycles. The number of benzene rings is 2. The van der Waals surface area contributed by atoms with Crippen molar-refractivity contribution in [3.63, 3.8) is 0 Å². The maximum atomic E-state index is 11.9. The molecule has 17 heavy (non-hydrogen) atoms. The molecular formula is C14H10N2O. The van der Waals surface area contributed by atoms with Gasteiger partial charge in [0, 0.05) is 5.56 Å². The molecule has 2 rings (SSSR count). The Balaban J connectivity index is 2.23. The van der Waals surface area contributed by atoms with Crippen molar-refractivity contribution in [1.82, 2.24) is 0 Å². The van der Waals surface area contributed by atoms with Crippen molar-refractivity contribution in [3.05, 3.63) is 65.7 Å². The highest BCUT2D eigenvalue weighted by atomic mass is 16.1. The normalized spacial score (nSPS) is 9.35. The maximum absolute atomic E-state index is 11.9. The van der Waals surface area contributed by atoms with Crippen molar-refractivity contribution in [2.75, 3.05) is 5.32 Å². The summed E-state index contributed by atoms with van der Waals surface area (Å²) in [5, 5.41) is 11.6. The summed E-state index contributed by atoms with van der Waals surface area (Å²) in [7, 11) is 0. The number of nitriles is 1. The van der Waals surface area contributed by atoms with Gasteiger partial charge in [0.25, 0.3) is 5.91 Å². The van der Waals surface area contributed by atoms with Gasteiger partial charge in [-0.3, -0.25) is 4.79 Å². The van der Waals surface area contributed by atoms with Crippen LogP contribution in [0, 0.1) is 11.3 Å². The van der Waals surface area contributed by atoms with Gasteiger partial charge in [-0.25, -0.2) is 0 Å². The van der Waals surface area contributed by atoms with Gasteiger partial charge in [0.2, 0.25) is 0 Å². The van der Waals surface area contributed by atoms with Crippen LogP contribution in [-0.2, 0) is 0 Å². The van der Waals surface area contributed by atoms with Crippen LogP contribution in [0.15, 0.2) is 54.6 Å².